The smallest absolute Gasteiger partial charge is 0.311 e. The average Bonchev–Trinajstić information content (AvgIpc) is 2.84. The molecule has 2 aromatic carbocycles. The van der Waals surface area contributed by atoms with Crippen LogP contribution in [0, 0.1) is 0 Å². The van der Waals surface area contributed by atoms with Crippen LogP contribution in [0.4, 0.5) is 0 Å². The number of Topliss-reactive ketones (excluding diaryl/α,β-unsaturated/α-hetero) is 1. The second kappa shape index (κ2) is 22.8. The van der Waals surface area contributed by atoms with Gasteiger partial charge in [-0.2, -0.15) is 0 Å². The number of para-hydroxylation sites is 2. The van der Waals surface area contributed by atoms with Gasteiger partial charge in [0.05, 0.1) is 5.56 Å². The molecule has 0 spiro atoms. The van der Waals surface area contributed by atoms with Gasteiger partial charge in [0.25, 0.3) is 0 Å². The Kier molecular flexibility index (Phi) is 21.8. The van der Waals surface area contributed by atoms with Crippen LogP contribution in [-0.4, -0.2) is 46.4 Å². The first-order chi connectivity index (χ1) is 16.6. The van der Waals surface area contributed by atoms with Crippen molar-refractivity contribution in [3.8, 4) is 11.5 Å². The van der Waals surface area contributed by atoms with Crippen molar-refractivity contribution in [1.82, 2.24) is 0 Å². The number of rotatable bonds is 16. The van der Waals surface area contributed by atoms with Crippen molar-refractivity contribution in [3.05, 3.63) is 60.2 Å². The molecular formula is C30H44NaO4. The first-order valence-corrected chi connectivity index (χ1v) is 13.1. The van der Waals surface area contributed by atoms with Gasteiger partial charge >= 0.3 is 5.97 Å². The van der Waals surface area contributed by atoms with Gasteiger partial charge in [0.1, 0.15) is 11.5 Å². The van der Waals surface area contributed by atoms with E-state index < -0.39 is 0 Å². The zero-order valence-corrected chi connectivity index (χ0v) is 24.3. The van der Waals surface area contributed by atoms with E-state index in [1.807, 2.05) is 18.2 Å². The molecule has 0 saturated carbocycles. The summed E-state index contributed by atoms with van der Waals surface area (Å²) in [4.78, 5) is 23.3. The van der Waals surface area contributed by atoms with Crippen LogP contribution in [0.25, 0.3) is 0 Å². The number of benzene rings is 2. The maximum absolute atomic E-state index is 11.8. The Morgan fingerprint density at radius 2 is 1.14 bits per heavy atom. The van der Waals surface area contributed by atoms with E-state index >= 15 is 0 Å². The number of carbonyl (C=O) groups is 2. The molecule has 0 atom stereocenters. The number of hydrogen-bond acceptors (Lipinski definition) is 4. The van der Waals surface area contributed by atoms with Crippen molar-refractivity contribution < 1.29 is 19.4 Å². The number of hydrogen-bond donors (Lipinski definition) is 1. The van der Waals surface area contributed by atoms with Crippen LogP contribution in [0.3, 0.4) is 0 Å². The summed E-state index contributed by atoms with van der Waals surface area (Å²) >= 11 is 0. The first kappa shape index (κ1) is 33.4. The third-order valence-corrected chi connectivity index (χ3v) is 5.67. The normalized spacial score (nSPS) is 10.0. The summed E-state index contributed by atoms with van der Waals surface area (Å²) < 4.78 is 5.20. The topological polar surface area (TPSA) is 63.6 Å². The summed E-state index contributed by atoms with van der Waals surface area (Å²) in [5, 5.41) is 9.53. The van der Waals surface area contributed by atoms with Crippen LogP contribution < -0.4 is 4.74 Å². The molecule has 2 aromatic rings. The molecule has 0 aromatic heterocycles. The van der Waals surface area contributed by atoms with Crippen LogP contribution >= 0.6 is 0 Å². The Balaban J connectivity index is 0.000000642. The van der Waals surface area contributed by atoms with E-state index in [1.54, 1.807) is 36.4 Å². The quantitative estimate of drug-likeness (QED) is 0.0843. The van der Waals surface area contributed by atoms with Crippen molar-refractivity contribution in [3.63, 3.8) is 0 Å². The summed E-state index contributed by atoms with van der Waals surface area (Å²) in [6.07, 6.45) is 15.3. The molecule has 1 radical (unpaired) electrons. The van der Waals surface area contributed by atoms with Gasteiger partial charge in [-0.1, -0.05) is 108 Å². The fraction of sp³-hybridized carbons (Fsp3) is 0.533. The Hall–Kier alpha value is -1.62. The Bertz CT molecular complexity index is 792. The van der Waals surface area contributed by atoms with Crippen LogP contribution in [0.1, 0.15) is 114 Å². The van der Waals surface area contributed by atoms with E-state index in [4.69, 9.17) is 4.74 Å². The molecule has 0 bridgehead atoms. The van der Waals surface area contributed by atoms with Gasteiger partial charge in [0.15, 0.2) is 5.78 Å². The van der Waals surface area contributed by atoms with Gasteiger partial charge in [0, 0.05) is 42.4 Å². The van der Waals surface area contributed by atoms with E-state index in [-0.39, 0.29) is 47.1 Å². The third-order valence-electron chi connectivity index (χ3n) is 5.67. The largest absolute Gasteiger partial charge is 0.507 e. The molecule has 0 fully saturated rings. The summed E-state index contributed by atoms with van der Waals surface area (Å²) in [5.41, 5.74) is 0.459. The monoisotopic (exact) mass is 491 g/mol. The molecule has 0 aliphatic rings. The standard InChI is InChI=1S/2C15H22O2.Na/c1-2-3-4-5-6-10-13-15(16)17-14-11-8-7-9-12-14;1-2-3-4-5-6-7-11-14(16)13-10-8-9-12-15(13)17;/h7-9,11-12H,2-6,10,13H2,1H3;8-10,12,17H,2-7,11H2,1H3;. The zero-order chi connectivity index (χ0) is 24.9. The van der Waals surface area contributed by atoms with Gasteiger partial charge in [-0.3, -0.25) is 9.59 Å². The van der Waals surface area contributed by atoms with Crippen LogP contribution in [-0.2, 0) is 4.79 Å². The van der Waals surface area contributed by atoms with Gasteiger partial charge < -0.3 is 9.84 Å². The number of aromatic hydroxyl groups is 1. The third kappa shape index (κ3) is 17.5. The summed E-state index contributed by atoms with van der Waals surface area (Å²) in [6.45, 7) is 4.40. The van der Waals surface area contributed by atoms with E-state index in [0.29, 0.717) is 24.2 Å². The van der Waals surface area contributed by atoms with Crippen molar-refractivity contribution in [2.45, 2.75) is 104 Å². The minimum Gasteiger partial charge on any atom is -0.507 e. The van der Waals surface area contributed by atoms with Crippen molar-refractivity contribution in [2.75, 3.05) is 0 Å². The number of phenols is 1. The SMILES string of the molecule is CCCCCCCCC(=O)Oc1ccccc1.CCCCCCCCC(=O)c1ccccc1O.[Na]. The Labute approximate surface area is 235 Å². The Morgan fingerprint density at radius 3 is 1.71 bits per heavy atom. The number of esters is 1. The average molecular weight is 492 g/mol. The minimum atomic E-state index is -0.119. The first-order valence-electron chi connectivity index (χ1n) is 13.1. The fourth-order valence-corrected chi connectivity index (χ4v) is 3.63. The zero-order valence-electron chi connectivity index (χ0n) is 22.3. The number of ketones is 1. The Morgan fingerprint density at radius 1 is 0.657 bits per heavy atom. The predicted octanol–water partition coefficient (Wildman–Crippen LogP) is 8.29. The molecule has 0 aliphatic carbocycles. The van der Waals surface area contributed by atoms with E-state index in [0.717, 1.165) is 25.7 Å². The van der Waals surface area contributed by atoms with Gasteiger partial charge in [-0.15, -0.1) is 0 Å². The second-order valence-corrected chi connectivity index (χ2v) is 8.76. The molecular weight excluding hydrogens is 447 g/mol. The summed E-state index contributed by atoms with van der Waals surface area (Å²) in [7, 11) is 0. The maximum Gasteiger partial charge on any atom is 0.311 e. The van der Waals surface area contributed by atoms with Crippen molar-refractivity contribution in [2.24, 2.45) is 0 Å². The van der Waals surface area contributed by atoms with Crippen LogP contribution in [0.5, 0.6) is 11.5 Å². The van der Waals surface area contributed by atoms with Crippen molar-refractivity contribution >= 4 is 41.3 Å². The molecule has 35 heavy (non-hydrogen) atoms. The van der Waals surface area contributed by atoms with E-state index in [9.17, 15) is 14.7 Å². The molecule has 2 rings (SSSR count). The molecule has 5 heteroatoms. The molecule has 0 unspecified atom stereocenters. The number of phenolic OH excluding ortho intramolecular Hbond substituents is 1. The maximum atomic E-state index is 11.8. The predicted molar refractivity (Wildman–Crippen MR) is 146 cm³/mol. The van der Waals surface area contributed by atoms with E-state index in [2.05, 4.69) is 13.8 Å². The molecule has 1 N–H and O–H groups in total. The van der Waals surface area contributed by atoms with Gasteiger partial charge in [-0.05, 0) is 37.1 Å². The molecule has 189 valence electrons. The molecule has 0 saturated heterocycles. The van der Waals surface area contributed by atoms with E-state index in [1.165, 1.54) is 51.4 Å². The van der Waals surface area contributed by atoms with Crippen LogP contribution in [0.2, 0.25) is 0 Å². The summed E-state index contributed by atoms with van der Waals surface area (Å²) in [5.74, 6) is 0.678. The number of carbonyl (C=O) groups excluding carboxylic acids is 2. The van der Waals surface area contributed by atoms with Gasteiger partial charge in [0.2, 0.25) is 0 Å². The van der Waals surface area contributed by atoms with Crippen LogP contribution in [0.15, 0.2) is 54.6 Å². The van der Waals surface area contributed by atoms with Crippen molar-refractivity contribution in [1.29, 1.82) is 0 Å². The molecule has 4 nitrogen and oxygen atoms in total. The second-order valence-electron chi connectivity index (χ2n) is 8.76. The number of unbranched alkanes of at least 4 members (excludes halogenated alkanes) is 10. The minimum absolute atomic E-state index is 0. The summed E-state index contributed by atoms with van der Waals surface area (Å²) in [6, 6.07) is 16.0. The molecule has 0 amide bonds. The fourth-order valence-electron chi connectivity index (χ4n) is 3.63. The molecule has 0 aliphatic heterocycles. The molecule has 0 heterocycles. The number of ether oxygens (including phenoxy) is 1. The van der Waals surface area contributed by atoms with Gasteiger partial charge in [-0.25, -0.2) is 0 Å².